The topological polar surface area (TPSA) is 64.4 Å². The van der Waals surface area contributed by atoms with Crippen molar-refractivity contribution in [2.24, 2.45) is 7.05 Å². The van der Waals surface area contributed by atoms with Gasteiger partial charge in [0, 0.05) is 26.3 Å². The van der Waals surface area contributed by atoms with E-state index in [1.165, 1.54) is 21.4 Å². The summed E-state index contributed by atoms with van der Waals surface area (Å²) >= 11 is 0. The van der Waals surface area contributed by atoms with E-state index in [2.05, 4.69) is 5.10 Å². The van der Waals surface area contributed by atoms with Gasteiger partial charge in [0.15, 0.2) is 0 Å². The van der Waals surface area contributed by atoms with Crippen LogP contribution >= 0.6 is 0 Å². The molecular weight excluding hydrogens is 242 g/mol. The van der Waals surface area contributed by atoms with Crippen molar-refractivity contribution in [1.82, 2.24) is 14.1 Å². The normalized spacial score (nSPS) is 27.2. The zero-order valence-corrected chi connectivity index (χ0v) is 11.0. The minimum atomic E-state index is -3.44. The van der Waals surface area contributed by atoms with Gasteiger partial charge in [-0.25, -0.2) is 8.42 Å². The van der Waals surface area contributed by atoms with Gasteiger partial charge < -0.3 is 4.74 Å². The molecule has 0 amide bonds. The summed E-state index contributed by atoms with van der Waals surface area (Å²) in [5.41, 5.74) is 0. The molecule has 1 aromatic rings. The molecule has 2 heterocycles. The molecule has 2 atom stereocenters. The Morgan fingerprint density at radius 3 is 2.41 bits per heavy atom. The van der Waals surface area contributed by atoms with Gasteiger partial charge in [0.2, 0.25) is 10.0 Å². The van der Waals surface area contributed by atoms with Crippen molar-refractivity contribution in [3.05, 3.63) is 12.4 Å². The number of sulfonamides is 1. The molecule has 0 saturated carbocycles. The van der Waals surface area contributed by atoms with Crippen LogP contribution in [-0.2, 0) is 21.8 Å². The van der Waals surface area contributed by atoms with Crippen LogP contribution in [0.1, 0.15) is 13.8 Å². The Balaban J connectivity index is 2.26. The molecule has 17 heavy (non-hydrogen) atoms. The quantitative estimate of drug-likeness (QED) is 0.762. The van der Waals surface area contributed by atoms with Crippen molar-refractivity contribution in [3.63, 3.8) is 0 Å². The molecule has 96 valence electrons. The molecule has 0 aliphatic carbocycles. The van der Waals surface area contributed by atoms with E-state index in [1.54, 1.807) is 7.05 Å². The second kappa shape index (κ2) is 4.40. The maximum absolute atomic E-state index is 12.3. The maximum Gasteiger partial charge on any atom is 0.246 e. The molecule has 0 radical (unpaired) electrons. The highest BCUT2D eigenvalue weighted by molar-refractivity contribution is 7.89. The molecule has 0 N–H and O–H groups in total. The lowest BCUT2D eigenvalue weighted by atomic mass is 10.3. The molecule has 0 spiro atoms. The van der Waals surface area contributed by atoms with E-state index in [-0.39, 0.29) is 17.1 Å². The van der Waals surface area contributed by atoms with Crippen molar-refractivity contribution in [2.45, 2.75) is 31.0 Å². The lowest BCUT2D eigenvalue weighted by molar-refractivity contribution is -0.0440. The van der Waals surface area contributed by atoms with E-state index in [0.717, 1.165) is 0 Å². The second-order valence-corrected chi connectivity index (χ2v) is 6.37. The van der Waals surface area contributed by atoms with E-state index < -0.39 is 10.0 Å². The first-order valence-corrected chi connectivity index (χ1v) is 6.98. The standard InChI is InChI=1S/C10H17N3O3S/c1-8-5-13(6-9(2)16-8)17(14,15)10-4-11-12(3)7-10/h4,7-9H,5-6H2,1-3H3/t8-,9-/m0/s1. The summed E-state index contributed by atoms with van der Waals surface area (Å²) in [6, 6.07) is 0. The highest BCUT2D eigenvalue weighted by Gasteiger charge is 2.32. The minimum absolute atomic E-state index is 0.0785. The molecule has 1 fully saturated rings. The minimum Gasteiger partial charge on any atom is -0.373 e. The molecule has 1 aliphatic rings. The predicted molar refractivity (Wildman–Crippen MR) is 62.0 cm³/mol. The third-order valence-corrected chi connectivity index (χ3v) is 4.49. The Labute approximate surface area is 101 Å². The number of hydrogen-bond donors (Lipinski definition) is 0. The average Bonchev–Trinajstić information content (AvgIpc) is 2.64. The van der Waals surface area contributed by atoms with Gasteiger partial charge in [-0.2, -0.15) is 9.40 Å². The fraction of sp³-hybridized carbons (Fsp3) is 0.700. The Hall–Kier alpha value is -0.920. The van der Waals surface area contributed by atoms with Crippen LogP contribution in [0, 0.1) is 0 Å². The molecule has 1 saturated heterocycles. The fourth-order valence-corrected chi connectivity index (χ4v) is 3.58. The van der Waals surface area contributed by atoms with Gasteiger partial charge in [-0.1, -0.05) is 0 Å². The van der Waals surface area contributed by atoms with Crippen LogP contribution in [0.3, 0.4) is 0 Å². The zero-order valence-electron chi connectivity index (χ0n) is 10.2. The Morgan fingerprint density at radius 2 is 1.94 bits per heavy atom. The van der Waals surface area contributed by atoms with Gasteiger partial charge in [-0.3, -0.25) is 4.68 Å². The van der Waals surface area contributed by atoms with Crippen molar-refractivity contribution in [2.75, 3.05) is 13.1 Å². The third kappa shape index (κ3) is 2.51. The van der Waals surface area contributed by atoms with E-state index >= 15 is 0 Å². The van der Waals surface area contributed by atoms with E-state index in [1.807, 2.05) is 13.8 Å². The van der Waals surface area contributed by atoms with Gasteiger partial charge in [0.1, 0.15) is 4.90 Å². The largest absolute Gasteiger partial charge is 0.373 e. The molecule has 0 bridgehead atoms. The van der Waals surface area contributed by atoms with Crippen molar-refractivity contribution in [1.29, 1.82) is 0 Å². The van der Waals surface area contributed by atoms with Crippen LogP contribution < -0.4 is 0 Å². The number of ether oxygens (including phenoxy) is 1. The van der Waals surface area contributed by atoms with Crippen molar-refractivity contribution in [3.8, 4) is 0 Å². The van der Waals surface area contributed by atoms with Crippen LogP contribution in [0.25, 0.3) is 0 Å². The number of aryl methyl sites for hydroxylation is 1. The Morgan fingerprint density at radius 1 is 1.35 bits per heavy atom. The SMILES string of the molecule is C[C@H]1CN(S(=O)(=O)c2cnn(C)c2)C[C@H](C)O1. The summed E-state index contributed by atoms with van der Waals surface area (Å²) in [6.07, 6.45) is 2.73. The Kier molecular flexibility index (Phi) is 3.24. The van der Waals surface area contributed by atoms with Crippen LogP contribution in [0.2, 0.25) is 0 Å². The number of hydrogen-bond acceptors (Lipinski definition) is 4. The van der Waals surface area contributed by atoms with Gasteiger partial charge in [-0.05, 0) is 13.8 Å². The first-order chi connectivity index (χ1) is 7.89. The molecule has 1 aromatic heterocycles. The van der Waals surface area contributed by atoms with Crippen molar-refractivity contribution >= 4 is 10.0 Å². The number of nitrogens with zero attached hydrogens (tertiary/aromatic N) is 3. The molecule has 7 heteroatoms. The van der Waals surface area contributed by atoms with Gasteiger partial charge in [0.25, 0.3) is 0 Å². The zero-order chi connectivity index (χ0) is 12.6. The highest BCUT2D eigenvalue weighted by atomic mass is 32.2. The number of rotatable bonds is 2. The van der Waals surface area contributed by atoms with E-state index in [0.29, 0.717) is 13.1 Å². The monoisotopic (exact) mass is 259 g/mol. The summed E-state index contributed by atoms with van der Waals surface area (Å²) in [5.74, 6) is 0. The molecule has 2 rings (SSSR count). The summed E-state index contributed by atoms with van der Waals surface area (Å²) in [4.78, 5) is 0.237. The fourth-order valence-electron chi connectivity index (χ4n) is 2.01. The summed E-state index contributed by atoms with van der Waals surface area (Å²) in [5, 5.41) is 3.90. The molecule has 0 aromatic carbocycles. The summed E-state index contributed by atoms with van der Waals surface area (Å²) in [7, 11) is -1.74. The number of aromatic nitrogens is 2. The van der Waals surface area contributed by atoms with Gasteiger partial charge >= 0.3 is 0 Å². The highest BCUT2D eigenvalue weighted by Crippen LogP contribution is 2.20. The first-order valence-electron chi connectivity index (χ1n) is 5.54. The van der Waals surface area contributed by atoms with Gasteiger partial charge in [-0.15, -0.1) is 0 Å². The molecule has 1 aliphatic heterocycles. The lowest BCUT2D eigenvalue weighted by Crippen LogP contribution is -2.48. The van der Waals surface area contributed by atoms with Crippen LogP contribution in [0.5, 0.6) is 0 Å². The van der Waals surface area contributed by atoms with Crippen molar-refractivity contribution < 1.29 is 13.2 Å². The third-order valence-electron chi connectivity index (χ3n) is 2.71. The summed E-state index contributed by atoms with van der Waals surface area (Å²) in [6.45, 7) is 4.53. The second-order valence-electron chi connectivity index (χ2n) is 4.43. The average molecular weight is 259 g/mol. The predicted octanol–water partition coefficient (Wildman–Crippen LogP) is 0.218. The van der Waals surface area contributed by atoms with Gasteiger partial charge in [0.05, 0.1) is 18.4 Å². The molecule has 6 nitrogen and oxygen atoms in total. The molecule has 0 unspecified atom stereocenters. The van der Waals surface area contributed by atoms with Crippen LogP contribution in [0.15, 0.2) is 17.3 Å². The van der Waals surface area contributed by atoms with Crippen LogP contribution in [-0.4, -0.2) is 47.8 Å². The van der Waals surface area contributed by atoms with E-state index in [9.17, 15) is 8.42 Å². The Bertz CT molecular complexity index is 487. The summed E-state index contributed by atoms with van der Waals surface area (Å²) < 4.78 is 33.1. The van der Waals surface area contributed by atoms with E-state index in [4.69, 9.17) is 4.74 Å². The lowest BCUT2D eigenvalue weighted by Gasteiger charge is -2.34. The van der Waals surface area contributed by atoms with Crippen LogP contribution in [0.4, 0.5) is 0 Å². The number of morpholine rings is 1. The first kappa shape index (κ1) is 12.5. The molecular formula is C10H17N3O3S. The smallest absolute Gasteiger partial charge is 0.246 e. The maximum atomic E-state index is 12.3.